The van der Waals surface area contributed by atoms with Crippen molar-refractivity contribution in [2.45, 2.75) is 51.3 Å². The molecule has 0 saturated carbocycles. The minimum atomic E-state index is -0.870. The molecule has 0 aliphatic carbocycles. The lowest BCUT2D eigenvalue weighted by Gasteiger charge is -2.40. The molecule has 152 valence electrons. The van der Waals surface area contributed by atoms with E-state index in [1.165, 1.54) is 32.4 Å². The predicted octanol–water partition coefficient (Wildman–Crippen LogP) is 2.75. The van der Waals surface area contributed by atoms with Crippen molar-refractivity contribution in [1.82, 2.24) is 15.5 Å². The van der Waals surface area contributed by atoms with Crippen LogP contribution in [-0.4, -0.2) is 59.1 Å². The summed E-state index contributed by atoms with van der Waals surface area (Å²) in [6, 6.07) is 10.0. The Balaban J connectivity index is 1.79. The lowest BCUT2D eigenvalue weighted by molar-refractivity contribution is 0.102. The lowest BCUT2D eigenvalue weighted by atomic mass is 9.99. The van der Waals surface area contributed by atoms with Crippen LogP contribution in [0.25, 0.3) is 0 Å². The molecule has 1 aliphatic heterocycles. The Bertz CT molecular complexity index is 597. The Morgan fingerprint density at radius 1 is 1.15 bits per heavy atom. The average molecular weight is 393 g/mol. The monoisotopic (exact) mass is 392 g/mol. The second-order valence-electron chi connectivity index (χ2n) is 7.76. The minimum absolute atomic E-state index is 0.0684. The van der Waals surface area contributed by atoms with Gasteiger partial charge >= 0.3 is 0 Å². The van der Waals surface area contributed by atoms with E-state index in [0.29, 0.717) is 18.1 Å². The van der Waals surface area contributed by atoms with Crippen LogP contribution in [0, 0.1) is 0 Å². The summed E-state index contributed by atoms with van der Waals surface area (Å²) in [7, 11) is -0.870. The Labute approximate surface area is 167 Å². The quantitative estimate of drug-likeness (QED) is 0.501. The Kier molecular flexibility index (Phi) is 9.28. The van der Waals surface area contributed by atoms with E-state index in [0.717, 1.165) is 24.6 Å². The maximum absolute atomic E-state index is 12.3. The summed E-state index contributed by atoms with van der Waals surface area (Å²) in [6.07, 6.45) is 3.93. The molecule has 2 N–H and O–H groups in total. The number of likely N-dealkylation sites (tertiary alicyclic amines) is 1. The van der Waals surface area contributed by atoms with E-state index in [2.05, 4.69) is 36.3 Å². The molecule has 0 amide bonds. The second kappa shape index (κ2) is 11.4. The topological polar surface area (TPSA) is 56.7 Å². The maximum atomic E-state index is 12.3. The fourth-order valence-electron chi connectivity index (χ4n) is 3.33. The first kappa shape index (κ1) is 21.9. The van der Waals surface area contributed by atoms with Gasteiger partial charge in [-0.05, 0) is 52.3 Å². The summed E-state index contributed by atoms with van der Waals surface area (Å²) in [5.41, 5.74) is 1.19. The van der Waals surface area contributed by atoms with Crippen molar-refractivity contribution >= 4 is 16.8 Å². The van der Waals surface area contributed by atoms with Crippen molar-refractivity contribution in [1.29, 1.82) is 0 Å². The van der Waals surface area contributed by atoms with Gasteiger partial charge < -0.3 is 10.6 Å². The van der Waals surface area contributed by atoms with Crippen LogP contribution in [0.3, 0.4) is 0 Å². The van der Waals surface area contributed by atoms with Crippen molar-refractivity contribution < 1.29 is 4.21 Å². The summed E-state index contributed by atoms with van der Waals surface area (Å²) in [4.78, 5) is 7.35. The first-order valence-electron chi connectivity index (χ1n) is 10.2. The highest BCUT2D eigenvalue weighted by molar-refractivity contribution is 7.84. The van der Waals surface area contributed by atoms with E-state index < -0.39 is 10.8 Å². The van der Waals surface area contributed by atoms with Crippen LogP contribution in [0.4, 0.5) is 0 Å². The smallest absolute Gasteiger partial charge is 0.191 e. The number of aliphatic imine (C=N–C) groups is 1. The predicted molar refractivity (Wildman–Crippen MR) is 117 cm³/mol. The molecule has 1 aliphatic rings. The summed E-state index contributed by atoms with van der Waals surface area (Å²) in [5.74, 6) is 2.05. The Hall–Kier alpha value is -1.40. The van der Waals surface area contributed by atoms with Gasteiger partial charge in [-0.25, -0.2) is 0 Å². The van der Waals surface area contributed by atoms with Gasteiger partial charge in [0, 0.05) is 40.9 Å². The number of rotatable bonds is 9. The largest absolute Gasteiger partial charge is 0.357 e. The van der Waals surface area contributed by atoms with Crippen LogP contribution in [-0.2, 0) is 16.6 Å². The summed E-state index contributed by atoms with van der Waals surface area (Å²) < 4.78 is 12.3. The number of guanidine groups is 1. The first-order chi connectivity index (χ1) is 13.0. The molecule has 1 fully saturated rings. The number of piperidine rings is 1. The molecule has 1 aromatic carbocycles. The van der Waals surface area contributed by atoms with Crippen LogP contribution >= 0.6 is 0 Å². The third-order valence-corrected chi connectivity index (χ3v) is 6.29. The summed E-state index contributed by atoms with van der Waals surface area (Å²) in [5, 5.41) is 6.64. The number of nitrogens with zero attached hydrogens (tertiary/aromatic N) is 2. The molecule has 1 atom stereocenters. The summed E-state index contributed by atoms with van der Waals surface area (Å²) in [6.45, 7) is 11.2. The molecule has 1 saturated heterocycles. The van der Waals surface area contributed by atoms with Gasteiger partial charge in [-0.2, -0.15) is 0 Å². The molecule has 6 heteroatoms. The molecule has 0 radical (unpaired) electrons. The van der Waals surface area contributed by atoms with E-state index in [1.54, 1.807) is 0 Å². The molecule has 0 spiro atoms. The normalized spacial score (nSPS) is 17.5. The molecule has 0 bridgehead atoms. The molecule has 27 heavy (non-hydrogen) atoms. The van der Waals surface area contributed by atoms with E-state index in [1.807, 2.05) is 30.3 Å². The second-order valence-corrected chi connectivity index (χ2v) is 9.33. The lowest BCUT2D eigenvalue weighted by Crippen LogP contribution is -2.49. The molecular formula is C21H36N4OS. The molecule has 1 aromatic rings. The average Bonchev–Trinajstić information content (AvgIpc) is 2.67. The summed E-state index contributed by atoms with van der Waals surface area (Å²) >= 11 is 0. The van der Waals surface area contributed by atoms with E-state index in [-0.39, 0.29) is 5.54 Å². The molecular weight excluding hydrogens is 356 g/mol. The first-order valence-corrected chi connectivity index (χ1v) is 11.7. The van der Waals surface area contributed by atoms with E-state index in [4.69, 9.17) is 4.99 Å². The SMILES string of the molecule is CCNC(=NCC(C)(C)N1CCCCC1)NCCS(=O)Cc1ccccc1. The third kappa shape index (κ3) is 8.01. The van der Waals surface area contributed by atoms with Gasteiger partial charge in [0.05, 0.1) is 6.54 Å². The highest BCUT2D eigenvalue weighted by Crippen LogP contribution is 2.20. The molecule has 2 rings (SSSR count). The van der Waals surface area contributed by atoms with E-state index in [9.17, 15) is 4.21 Å². The zero-order valence-electron chi connectivity index (χ0n) is 17.2. The van der Waals surface area contributed by atoms with Crippen molar-refractivity contribution in [2.75, 3.05) is 38.5 Å². The number of benzene rings is 1. The van der Waals surface area contributed by atoms with Crippen LogP contribution in [0.2, 0.25) is 0 Å². The highest BCUT2D eigenvalue weighted by atomic mass is 32.2. The van der Waals surface area contributed by atoms with Crippen LogP contribution in [0.5, 0.6) is 0 Å². The maximum Gasteiger partial charge on any atom is 0.191 e. The van der Waals surface area contributed by atoms with Gasteiger partial charge in [0.15, 0.2) is 5.96 Å². The van der Waals surface area contributed by atoms with Crippen molar-refractivity contribution in [3.63, 3.8) is 0 Å². The van der Waals surface area contributed by atoms with Gasteiger partial charge in [-0.3, -0.25) is 14.1 Å². The standard InChI is InChI=1S/C21H36N4OS/c1-4-22-20(24-18-21(2,3)25-14-9-6-10-15-25)23-13-16-27(26)17-19-11-7-5-8-12-19/h5,7-8,11-12H,4,6,9-10,13-18H2,1-3H3,(H2,22,23,24). The Morgan fingerprint density at radius 3 is 2.52 bits per heavy atom. The number of hydrogen-bond donors (Lipinski definition) is 2. The van der Waals surface area contributed by atoms with Gasteiger partial charge in [0.25, 0.3) is 0 Å². The van der Waals surface area contributed by atoms with Crippen LogP contribution < -0.4 is 10.6 Å². The van der Waals surface area contributed by atoms with Crippen molar-refractivity contribution in [2.24, 2.45) is 4.99 Å². The van der Waals surface area contributed by atoms with Crippen LogP contribution in [0.15, 0.2) is 35.3 Å². The zero-order chi connectivity index (χ0) is 19.5. The van der Waals surface area contributed by atoms with Gasteiger partial charge in [-0.15, -0.1) is 0 Å². The van der Waals surface area contributed by atoms with Gasteiger partial charge in [-0.1, -0.05) is 36.8 Å². The molecule has 5 nitrogen and oxygen atoms in total. The van der Waals surface area contributed by atoms with Gasteiger partial charge in [0.2, 0.25) is 0 Å². The Morgan fingerprint density at radius 2 is 1.85 bits per heavy atom. The highest BCUT2D eigenvalue weighted by Gasteiger charge is 2.27. The fraction of sp³-hybridized carbons (Fsp3) is 0.667. The number of hydrogen-bond acceptors (Lipinski definition) is 3. The minimum Gasteiger partial charge on any atom is -0.357 e. The van der Waals surface area contributed by atoms with Crippen molar-refractivity contribution in [3.05, 3.63) is 35.9 Å². The number of nitrogens with one attached hydrogen (secondary N) is 2. The molecule has 1 unspecified atom stereocenters. The zero-order valence-corrected chi connectivity index (χ0v) is 18.0. The van der Waals surface area contributed by atoms with E-state index >= 15 is 0 Å². The fourth-order valence-corrected chi connectivity index (χ4v) is 4.37. The van der Waals surface area contributed by atoms with Crippen LogP contribution in [0.1, 0.15) is 45.6 Å². The molecule has 0 aromatic heterocycles. The molecule has 1 heterocycles. The third-order valence-electron chi connectivity index (χ3n) is 4.97. The van der Waals surface area contributed by atoms with Crippen molar-refractivity contribution in [3.8, 4) is 0 Å². The van der Waals surface area contributed by atoms with Gasteiger partial charge in [0.1, 0.15) is 0 Å².